The number of hydrogen-bond donors (Lipinski definition) is 3. The molecule has 0 unspecified atom stereocenters. The van der Waals surface area contributed by atoms with E-state index in [1.807, 2.05) is 0 Å². The van der Waals surface area contributed by atoms with Gasteiger partial charge in [0.1, 0.15) is 0 Å². The minimum Gasteiger partial charge on any atom is -0.462 e. The standard InChI is InChI=1S/C8H5FN2O5/c9-3-1-2-16-4(3)8(15)5(12)10-7(14)11-6(8)13/h1-2,15H,(H2,10,11,12,13,14). The molecule has 2 rings (SSSR count). The van der Waals surface area contributed by atoms with Gasteiger partial charge < -0.3 is 9.52 Å². The van der Waals surface area contributed by atoms with Crippen LogP contribution in [0.1, 0.15) is 5.76 Å². The predicted molar refractivity (Wildman–Crippen MR) is 44.2 cm³/mol. The second kappa shape index (κ2) is 3.14. The number of rotatable bonds is 1. The Bertz CT molecular complexity index is 474. The molecule has 0 bridgehead atoms. The summed E-state index contributed by atoms with van der Waals surface area (Å²) in [7, 11) is 0. The number of hydrogen-bond acceptors (Lipinski definition) is 5. The van der Waals surface area contributed by atoms with Crippen LogP contribution in [0, 0.1) is 5.82 Å². The molecule has 0 aliphatic carbocycles. The van der Waals surface area contributed by atoms with Crippen LogP contribution in [-0.2, 0) is 15.2 Å². The van der Waals surface area contributed by atoms with Crippen LogP contribution in [0.15, 0.2) is 16.7 Å². The number of aliphatic hydroxyl groups is 1. The smallest absolute Gasteiger partial charge is 0.328 e. The van der Waals surface area contributed by atoms with Crippen molar-refractivity contribution < 1.29 is 28.3 Å². The summed E-state index contributed by atoms with van der Waals surface area (Å²) in [6.07, 6.45) is 0.861. The van der Waals surface area contributed by atoms with Gasteiger partial charge in [0.15, 0.2) is 11.6 Å². The molecule has 4 amide bonds. The first-order valence-electron chi connectivity index (χ1n) is 4.09. The molecule has 1 aliphatic rings. The Labute approximate surface area is 87.2 Å². The first-order valence-corrected chi connectivity index (χ1v) is 4.09. The Morgan fingerprint density at radius 2 is 1.81 bits per heavy atom. The maximum absolute atomic E-state index is 13.1. The van der Waals surface area contributed by atoms with Crippen LogP contribution in [-0.4, -0.2) is 23.0 Å². The highest BCUT2D eigenvalue weighted by Gasteiger charge is 2.54. The highest BCUT2D eigenvalue weighted by molar-refractivity contribution is 6.21. The fourth-order valence-corrected chi connectivity index (χ4v) is 1.28. The number of carbonyl (C=O) groups is 3. The van der Waals surface area contributed by atoms with Crippen LogP contribution >= 0.6 is 0 Å². The van der Waals surface area contributed by atoms with Crippen LogP contribution in [0.25, 0.3) is 0 Å². The van der Waals surface area contributed by atoms with Crippen LogP contribution in [0.2, 0.25) is 0 Å². The zero-order chi connectivity index (χ0) is 11.9. The van der Waals surface area contributed by atoms with Crippen LogP contribution < -0.4 is 10.6 Å². The number of amides is 4. The van der Waals surface area contributed by atoms with Crippen molar-refractivity contribution >= 4 is 17.8 Å². The summed E-state index contributed by atoms with van der Waals surface area (Å²) in [6, 6.07) is -0.267. The van der Waals surface area contributed by atoms with E-state index in [1.165, 1.54) is 0 Å². The number of halogens is 1. The van der Waals surface area contributed by atoms with E-state index in [1.54, 1.807) is 10.6 Å². The van der Waals surface area contributed by atoms with E-state index < -0.39 is 35.0 Å². The minimum absolute atomic E-state index is 0.824. The Morgan fingerprint density at radius 1 is 1.25 bits per heavy atom. The maximum atomic E-state index is 13.1. The topological polar surface area (TPSA) is 109 Å². The van der Waals surface area contributed by atoms with Crippen molar-refractivity contribution in [1.29, 1.82) is 0 Å². The Hall–Kier alpha value is -2.22. The van der Waals surface area contributed by atoms with E-state index in [9.17, 15) is 23.9 Å². The third kappa shape index (κ3) is 1.20. The molecular formula is C8H5FN2O5. The van der Waals surface area contributed by atoms with Crippen molar-refractivity contribution in [1.82, 2.24) is 10.6 Å². The van der Waals surface area contributed by atoms with Gasteiger partial charge in [0.2, 0.25) is 0 Å². The first kappa shape index (κ1) is 10.3. The zero-order valence-electron chi connectivity index (χ0n) is 7.61. The molecule has 0 aromatic carbocycles. The SMILES string of the molecule is O=C1NC(=O)C(O)(c2occc2F)C(=O)N1. The average Bonchev–Trinajstić information content (AvgIpc) is 2.61. The summed E-state index contributed by atoms with van der Waals surface area (Å²) in [5.74, 6) is -4.66. The largest absolute Gasteiger partial charge is 0.462 e. The monoisotopic (exact) mass is 228 g/mol. The third-order valence-electron chi connectivity index (χ3n) is 2.06. The molecule has 1 aliphatic heterocycles. The summed E-state index contributed by atoms with van der Waals surface area (Å²) in [5.41, 5.74) is -2.87. The van der Waals surface area contributed by atoms with Gasteiger partial charge in [-0.15, -0.1) is 0 Å². The van der Waals surface area contributed by atoms with E-state index in [0.29, 0.717) is 0 Å². The second-order valence-corrected chi connectivity index (χ2v) is 3.05. The molecule has 1 aromatic heterocycles. The molecule has 7 nitrogen and oxygen atoms in total. The fraction of sp³-hybridized carbons (Fsp3) is 0.125. The van der Waals surface area contributed by atoms with Crippen molar-refractivity contribution in [2.24, 2.45) is 0 Å². The lowest BCUT2D eigenvalue weighted by molar-refractivity contribution is -0.158. The highest BCUT2D eigenvalue weighted by atomic mass is 19.1. The Balaban J connectivity index is 2.52. The van der Waals surface area contributed by atoms with Crippen LogP contribution in [0.4, 0.5) is 9.18 Å². The fourth-order valence-electron chi connectivity index (χ4n) is 1.28. The Morgan fingerprint density at radius 3 is 2.25 bits per heavy atom. The predicted octanol–water partition coefficient (Wildman–Crippen LogP) is -1.03. The molecule has 1 fully saturated rings. The summed E-state index contributed by atoms with van der Waals surface area (Å²) in [6.45, 7) is 0. The van der Waals surface area contributed by atoms with E-state index >= 15 is 0 Å². The van der Waals surface area contributed by atoms with Crippen molar-refractivity contribution in [2.75, 3.05) is 0 Å². The van der Waals surface area contributed by atoms with Gasteiger partial charge in [-0.05, 0) is 0 Å². The molecule has 84 valence electrons. The van der Waals surface area contributed by atoms with E-state index in [-0.39, 0.29) is 0 Å². The van der Waals surface area contributed by atoms with Gasteiger partial charge in [-0.2, -0.15) is 0 Å². The van der Waals surface area contributed by atoms with Crippen molar-refractivity contribution in [3.63, 3.8) is 0 Å². The number of carbonyl (C=O) groups excluding carboxylic acids is 3. The quantitative estimate of drug-likeness (QED) is 0.532. The van der Waals surface area contributed by atoms with Gasteiger partial charge >= 0.3 is 6.03 Å². The summed E-state index contributed by atoms with van der Waals surface area (Å²) < 4.78 is 17.6. The van der Waals surface area contributed by atoms with Gasteiger partial charge in [0.25, 0.3) is 17.4 Å². The number of nitrogens with one attached hydrogen (secondary N) is 2. The van der Waals surface area contributed by atoms with Crippen molar-refractivity contribution in [2.45, 2.75) is 5.60 Å². The lowest BCUT2D eigenvalue weighted by Gasteiger charge is -2.26. The molecule has 1 saturated heterocycles. The third-order valence-corrected chi connectivity index (χ3v) is 2.06. The lowest BCUT2D eigenvalue weighted by atomic mass is 9.97. The average molecular weight is 228 g/mol. The molecule has 1 aromatic rings. The van der Waals surface area contributed by atoms with Gasteiger partial charge in [0.05, 0.1) is 6.26 Å². The van der Waals surface area contributed by atoms with Gasteiger partial charge in [-0.1, -0.05) is 0 Å². The molecule has 3 N–H and O–H groups in total. The zero-order valence-corrected chi connectivity index (χ0v) is 7.61. The van der Waals surface area contributed by atoms with Gasteiger partial charge in [-0.25, -0.2) is 9.18 Å². The minimum atomic E-state index is -2.87. The van der Waals surface area contributed by atoms with Crippen LogP contribution in [0.3, 0.4) is 0 Å². The van der Waals surface area contributed by atoms with E-state index in [4.69, 9.17) is 0 Å². The normalized spacial score (nSPS) is 19.2. The summed E-state index contributed by atoms with van der Waals surface area (Å²) in [4.78, 5) is 33.4. The Kier molecular flexibility index (Phi) is 2.02. The summed E-state index contributed by atoms with van der Waals surface area (Å²) >= 11 is 0. The molecular weight excluding hydrogens is 223 g/mol. The van der Waals surface area contributed by atoms with Crippen molar-refractivity contribution in [3.8, 4) is 0 Å². The second-order valence-electron chi connectivity index (χ2n) is 3.05. The molecule has 0 spiro atoms. The maximum Gasteiger partial charge on any atom is 0.328 e. The summed E-state index contributed by atoms with van der Waals surface area (Å²) in [5, 5.41) is 13.0. The number of barbiturate groups is 1. The molecule has 16 heavy (non-hydrogen) atoms. The molecule has 0 saturated carbocycles. The van der Waals surface area contributed by atoms with Crippen molar-refractivity contribution in [3.05, 3.63) is 23.9 Å². The first-order chi connectivity index (χ1) is 7.46. The van der Waals surface area contributed by atoms with Gasteiger partial charge in [0, 0.05) is 6.07 Å². The van der Waals surface area contributed by atoms with E-state index in [2.05, 4.69) is 4.42 Å². The molecule has 0 radical (unpaired) electrons. The molecule has 8 heteroatoms. The number of urea groups is 1. The lowest BCUT2D eigenvalue weighted by Crippen LogP contribution is -2.64. The molecule has 0 atom stereocenters. The van der Waals surface area contributed by atoms with E-state index in [0.717, 1.165) is 12.3 Å². The number of furan rings is 1. The highest BCUT2D eigenvalue weighted by Crippen LogP contribution is 2.26. The number of imide groups is 2. The molecule has 2 heterocycles. The van der Waals surface area contributed by atoms with Crippen LogP contribution in [0.5, 0.6) is 0 Å². The van der Waals surface area contributed by atoms with Gasteiger partial charge in [-0.3, -0.25) is 20.2 Å².